The Morgan fingerprint density at radius 1 is 1.69 bits per heavy atom. The molecular formula is C11H16N2O2S. The zero-order valence-electron chi connectivity index (χ0n) is 9.56. The van der Waals surface area contributed by atoms with Gasteiger partial charge in [0.05, 0.1) is 17.2 Å². The number of likely N-dealkylation sites (N-methyl/N-ethyl adjacent to an activating group) is 1. The van der Waals surface area contributed by atoms with Crippen molar-refractivity contribution in [2.45, 2.75) is 32.2 Å². The molecule has 0 saturated carbocycles. The number of aliphatic carboxylic acids is 1. The number of carboxylic acids is 1. The Morgan fingerprint density at radius 2 is 2.44 bits per heavy atom. The highest BCUT2D eigenvalue weighted by atomic mass is 32.1. The van der Waals surface area contributed by atoms with Crippen molar-refractivity contribution in [1.82, 2.24) is 9.88 Å². The first-order valence-corrected chi connectivity index (χ1v) is 6.28. The van der Waals surface area contributed by atoms with Crippen molar-refractivity contribution in [2.75, 3.05) is 13.6 Å². The fourth-order valence-electron chi connectivity index (χ4n) is 2.26. The van der Waals surface area contributed by atoms with E-state index in [4.69, 9.17) is 5.11 Å². The lowest BCUT2D eigenvalue weighted by molar-refractivity contribution is -0.138. The van der Waals surface area contributed by atoms with Crippen LogP contribution < -0.4 is 0 Å². The Morgan fingerprint density at radius 3 is 3.12 bits per heavy atom. The Labute approximate surface area is 98.9 Å². The largest absolute Gasteiger partial charge is 0.480 e. The van der Waals surface area contributed by atoms with Gasteiger partial charge in [0, 0.05) is 10.9 Å². The zero-order chi connectivity index (χ0) is 11.7. The maximum Gasteiger partial charge on any atom is 0.317 e. The number of nitrogens with zero attached hydrogens (tertiary/aromatic N) is 2. The van der Waals surface area contributed by atoms with Crippen LogP contribution in [0.1, 0.15) is 34.5 Å². The summed E-state index contributed by atoms with van der Waals surface area (Å²) < 4.78 is 0. The van der Waals surface area contributed by atoms with Gasteiger partial charge in [-0.2, -0.15) is 0 Å². The van der Waals surface area contributed by atoms with Crippen LogP contribution in [-0.2, 0) is 11.2 Å². The van der Waals surface area contributed by atoms with E-state index in [1.807, 2.05) is 18.9 Å². The number of carboxylic acid groups (broad SMARTS) is 1. The molecule has 1 aliphatic carbocycles. The molecule has 0 fully saturated rings. The Balaban J connectivity index is 2.20. The summed E-state index contributed by atoms with van der Waals surface area (Å²) in [6, 6.07) is 0.242. The van der Waals surface area contributed by atoms with E-state index in [0.717, 1.165) is 24.3 Å². The van der Waals surface area contributed by atoms with Crippen molar-refractivity contribution in [3.63, 3.8) is 0 Å². The van der Waals surface area contributed by atoms with E-state index in [1.54, 1.807) is 11.3 Å². The molecule has 1 heterocycles. The smallest absolute Gasteiger partial charge is 0.317 e. The van der Waals surface area contributed by atoms with Gasteiger partial charge in [-0.1, -0.05) is 0 Å². The summed E-state index contributed by atoms with van der Waals surface area (Å²) in [5.74, 6) is -0.768. The third-order valence-corrected chi connectivity index (χ3v) is 4.06. The topological polar surface area (TPSA) is 53.4 Å². The maximum atomic E-state index is 10.7. The van der Waals surface area contributed by atoms with Crippen LogP contribution in [0.3, 0.4) is 0 Å². The van der Waals surface area contributed by atoms with Gasteiger partial charge in [-0.05, 0) is 33.2 Å². The molecule has 0 saturated heterocycles. The summed E-state index contributed by atoms with van der Waals surface area (Å²) in [7, 11) is 1.88. The molecule has 0 bridgehead atoms. The molecule has 1 aromatic rings. The van der Waals surface area contributed by atoms with Gasteiger partial charge < -0.3 is 5.11 Å². The lowest BCUT2D eigenvalue weighted by atomic mass is 9.97. The van der Waals surface area contributed by atoms with Gasteiger partial charge in [0.15, 0.2) is 0 Å². The molecule has 2 rings (SSSR count). The second-order valence-corrected chi connectivity index (χ2v) is 5.50. The average Bonchev–Trinajstić information content (AvgIpc) is 2.55. The van der Waals surface area contributed by atoms with E-state index >= 15 is 0 Å². The van der Waals surface area contributed by atoms with Crippen molar-refractivity contribution in [2.24, 2.45) is 0 Å². The van der Waals surface area contributed by atoms with Crippen molar-refractivity contribution in [1.29, 1.82) is 0 Å². The summed E-state index contributed by atoms with van der Waals surface area (Å²) >= 11 is 1.71. The molecule has 16 heavy (non-hydrogen) atoms. The summed E-state index contributed by atoms with van der Waals surface area (Å²) in [4.78, 5) is 18.4. The zero-order valence-corrected chi connectivity index (χ0v) is 10.4. The third kappa shape index (κ3) is 2.25. The van der Waals surface area contributed by atoms with Gasteiger partial charge in [-0.15, -0.1) is 11.3 Å². The van der Waals surface area contributed by atoms with Gasteiger partial charge in [0.25, 0.3) is 0 Å². The van der Waals surface area contributed by atoms with E-state index < -0.39 is 5.97 Å². The normalized spacial score (nSPS) is 19.8. The van der Waals surface area contributed by atoms with Gasteiger partial charge >= 0.3 is 5.97 Å². The number of rotatable bonds is 3. The van der Waals surface area contributed by atoms with E-state index in [1.165, 1.54) is 10.6 Å². The minimum Gasteiger partial charge on any atom is -0.480 e. The van der Waals surface area contributed by atoms with Gasteiger partial charge in [-0.3, -0.25) is 9.69 Å². The molecule has 1 N–H and O–H groups in total. The molecular weight excluding hydrogens is 224 g/mol. The third-order valence-electron chi connectivity index (χ3n) is 2.95. The van der Waals surface area contributed by atoms with E-state index in [0.29, 0.717) is 0 Å². The molecule has 0 amide bonds. The molecule has 1 aliphatic rings. The molecule has 88 valence electrons. The van der Waals surface area contributed by atoms with Crippen molar-refractivity contribution >= 4 is 17.3 Å². The van der Waals surface area contributed by atoms with Crippen LogP contribution >= 0.6 is 11.3 Å². The molecule has 5 heteroatoms. The Kier molecular flexibility index (Phi) is 3.25. The molecule has 0 aromatic carbocycles. The van der Waals surface area contributed by atoms with Crippen LogP contribution in [0.5, 0.6) is 0 Å². The first-order chi connectivity index (χ1) is 7.58. The van der Waals surface area contributed by atoms with Crippen LogP contribution in [0.25, 0.3) is 0 Å². The number of thiazole rings is 1. The summed E-state index contributed by atoms with van der Waals surface area (Å²) in [6.07, 6.45) is 3.18. The highest BCUT2D eigenvalue weighted by Crippen LogP contribution is 2.36. The monoisotopic (exact) mass is 240 g/mol. The molecule has 4 nitrogen and oxygen atoms in total. The fourth-order valence-corrected chi connectivity index (χ4v) is 3.44. The first kappa shape index (κ1) is 11.5. The summed E-state index contributed by atoms with van der Waals surface area (Å²) in [5, 5.41) is 9.90. The molecule has 1 aromatic heterocycles. The maximum absolute atomic E-state index is 10.7. The van der Waals surface area contributed by atoms with E-state index in [9.17, 15) is 4.79 Å². The van der Waals surface area contributed by atoms with E-state index in [-0.39, 0.29) is 12.6 Å². The highest BCUT2D eigenvalue weighted by Gasteiger charge is 2.27. The van der Waals surface area contributed by atoms with Crippen molar-refractivity contribution in [3.05, 3.63) is 15.6 Å². The molecule has 0 radical (unpaired) electrons. The molecule has 1 unspecified atom stereocenters. The molecule has 0 spiro atoms. The summed E-state index contributed by atoms with van der Waals surface area (Å²) in [5.41, 5.74) is 1.18. The number of hydrogen-bond donors (Lipinski definition) is 1. The Hall–Kier alpha value is -0.940. The van der Waals surface area contributed by atoms with Gasteiger partial charge in [0.2, 0.25) is 0 Å². The minimum atomic E-state index is -0.768. The fraction of sp³-hybridized carbons (Fsp3) is 0.636. The number of fused-ring (bicyclic) bond motifs is 1. The number of aryl methyl sites for hydroxylation is 2. The lowest BCUT2D eigenvalue weighted by Crippen LogP contribution is -2.31. The second kappa shape index (κ2) is 4.51. The molecule has 0 aliphatic heterocycles. The van der Waals surface area contributed by atoms with Crippen LogP contribution in [0.2, 0.25) is 0 Å². The second-order valence-electron chi connectivity index (χ2n) is 4.26. The van der Waals surface area contributed by atoms with Crippen LogP contribution in [0, 0.1) is 6.92 Å². The van der Waals surface area contributed by atoms with Gasteiger partial charge in [0.1, 0.15) is 0 Å². The number of aromatic nitrogens is 1. The van der Waals surface area contributed by atoms with Crippen LogP contribution in [0.15, 0.2) is 0 Å². The lowest BCUT2D eigenvalue weighted by Gasteiger charge is -2.29. The van der Waals surface area contributed by atoms with Crippen LogP contribution in [0.4, 0.5) is 0 Å². The standard InChI is InChI=1S/C11H16N2O2S/c1-7-12-8-4-3-5-9(11(8)16-7)13(2)6-10(14)15/h9H,3-6H2,1-2H3,(H,14,15). The van der Waals surface area contributed by atoms with Crippen molar-refractivity contribution < 1.29 is 9.90 Å². The SMILES string of the molecule is Cc1nc2c(s1)C(N(C)CC(=O)O)CCC2. The average molecular weight is 240 g/mol. The quantitative estimate of drug-likeness (QED) is 0.876. The first-order valence-electron chi connectivity index (χ1n) is 5.46. The predicted octanol–water partition coefficient (Wildman–Crippen LogP) is 1.85. The van der Waals surface area contributed by atoms with E-state index in [2.05, 4.69) is 4.98 Å². The minimum absolute atomic E-state index is 0.0983. The number of hydrogen-bond acceptors (Lipinski definition) is 4. The highest BCUT2D eigenvalue weighted by molar-refractivity contribution is 7.11. The molecule has 1 atom stereocenters. The van der Waals surface area contributed by atoms with Crippen LogP contribution in [-0.4, -0.2) is 34.6 Å². The predicted molar refractivity (Wildman–Crippen MR) is 62.8 cm³/mol. The number of carbonyl (C=O) groups is 1. The van der Waals surface area contributed by atoms with Gasteiger partial charge in [-0.25, -0.2) is 4.98 Å². The Bertz CT molecular complexity index is 403. The summed E-state index contributed by atoms with van der Waals surface area (Å²) in [6.45, 7) is 2.11. The van der Waals surface area contributed by atoms with Crippen molar-refractivity contribution in [3.8, 4) is 0 Å².